The summed E-state index contributed by atoms with van der Waals surface area (Å²) in [5.41, 5.74) is 2.14. The predicted molar refractivity (Wildman–Crippen MR) is 90.4 cm³/mol. The lowest BCUT2D eigenvalue weighted by Gasteiger charge is -2.34. The molecule has 1 aromatic rings. The lowest BCUT2D eigenvalue weighted by atomic mass is 10.1. The topological polar surface area (TPSA) is 38.8 Å². The van der Waals surface area contributed by atoms with Crippen molar-refractivity contribution in [3.8, 4) is 0 Å². The van der Waals surface area contributed by atoms with Crippen LogP contribution < -0.4 is 10.2 Å². The quantitative estimate of drug-likeness (QED) is 0.914. The Kier molecular flexibility index (Phi) is 4.64. The van der Waals surface area contributed by atoms with Crippen LogP contribution in [0.15, 0.2) is 24.3 Å². The van der Waals surface area contributed by atoms with Crippen LogP contribution in [0.5, 0.6) is 0 Å². The molecule has 2 aliphatic rings. The lowest BCUT2D eigenvalue weighted by molar-refractivity contribution is -0.119. The second-order valence-corrected chi connectivity index (χ2v) is 6.57. The van der Waals surface area contributed by atoms with Gasteiger partial charge in [-0.05, 0) is 51.3 Å². The first-order valence-electron chi connectivity index (χ1n) is 8.15. The number of hydrogen-bond donors (Lipinski definition) is 1. The summed E-state index contributed by atoms with van der Waals surface area (Å²) >= 11 is 0. The van der Waals surface area contributed by atoms with E-state index in [1.165, 1.54) is 5.69 Å². The number of amides is 1. The van der Waals surface area contributed by atoms with E-state index in [2.05, 4.69) is 46.2 Å². The number of hydrogen-bond acceptors (Lipinski definition) is 4. The summed E-state index contributed by atoms with van der Waals surface area (Å²) in [5.74, 6) is 0.277. The van der Waals surface area contributed by atoms with Crippen LogP contribution in [0.25, 0.3) is 0 Å². The summed E-state index contributed by atoms with van der Waals surface area (Å²) in [6, 6.07) is 8.26. The van der Waals surface area contributed by atoms with Gasteiger partial charge in [-0.2, -0.15) is 0 Å². The highest BCUT2D eigenvalue weighted by molar-refractivity contribution is 5.93. The smallest absolute Gasteiger partial charge is 0.228 e. The molecule has 120 valence electrons. The first-order chi connectivity index (χ1) is 10.6. The Labute approximate surface area is 132 Å². The third-order valence-electron chi connectivity index (χ3n) is 4.77. The van der Waals surface area contributed by atoms with E-state index in [1.54, 1.807) is 0 Å². The largest absolute Gasteiger partial charge is 0.369 e. The molecule has 1 unspecified atom stereocenters. The molecule has 0 spiro atoms. The van der Waals surface area contributed by atoms with E-state index in [1.807, 2.05) is 12.1 Å². The lowest BCUT2D eigenvalue weighted by Crippen LogP contribution is -2.44. The zero-order chi connectivity index (χ0) is 15.5. The Bertz CT molecular complexity index is 508. The molecule has 1 atom stereocenters. The zero-order valence-electron chi connectivity index (χ0n) is 13.6. The van der Waals surface area contributed by atoms with Crippen molar-refractivity contribution in [3.63, 3.8) is 0 Å². The Morgan fingerprint density at radius 3 is 2.27 bits per heavy atom. The van der Waals surface area contributed by atoms with Crippen LogP contribution in [0.4, 0.5) is 11.4 Å². The fourth-order valence-corrected chi connectivity index (χ4v) is 3.21. The van der Waals surface area contributed by atoms with Gasteiger partial charge in [0, 0.05) is 44.1 Å². The van der Waals surface area contributed by atoms with E-state index in [4.69, 9.17) is 0 Å². The van der Waals surface area contributed by atoms with Gasteiger partial charge in [0.05, 0.1) is 5.92 Å². The van der Waals surface area contributed by atoms with Gasteiger partial charge in [-0.15, -0.1) is 0 Å². The fraction of sp³-hybridized carbons (Fsp3) is 0.588. The zero-order valence-corrected chi connectivity index (χ0v) is 13.6. The van der Waals surface area contributed by atoms with Crippen LogP contribution in [0.1, 0.15) is 6.42 Å². The van der Waals surface area contributed by atoms with Crippen molar-refractivity contribution in [1.82, 2.24) is 9.80 Å². The van der Waals surface area contributed by atoms with E-state index < -0.39 is 0 Å². The van der Waals surface area contributed by atoms with E-state index in [0.717, 1.165) is 51.4 Å². The minimum atomic E-state index is 0.127. The standard InChI is InChI=1S/C17H26N4O/c1-19-9-11-21(12-10-19)16-5-3-15(4-6-16)18-17(22)14-7-8-20(2)13-14/h3-6,14H,7-13H2,1-2H3,(H,18,22). The number of piperazine rings is 1. The highest BCUT2D eigenvalue weighted by Crippen LogP contribution is 2.21. The SMILES string of the molecule is CN1CCN(c2ccc(NC(=O)C3CCN(C)C3)cc2)CC1. The van der Waals surface area contributed by atoms with Crippen LogP contribution in [0, 0.1) is 5.92 Å². The highest BCUT2D eigenvalue weighted by atomic mass is 16.1. The third-order valence-corrected chi connectivity index (χ3v) is 4.77. The van der Waals surface area contributed by atoms with Crippen LogP contribution in [0.2, 0.25) is 0 Å². The van der Waals surface area contributed by atoms with E-state index in [9.17, 15) is 4.79 Å². The summed E-state index contributed by atoms with van der Waals surface area (Å²) in [4.78, 5) is 19.2. The molecule has 2 fully saturated rings. The number of likely N-dealkylation sites (N-methyl/N-ethyl adjacent to an activating group) is 1. The molecule has 5 nitrogen and oxygen atoms in total. The van der Waals surface area contributed by atoms with Gasteiger partial charge in [-0.1, -0.05) is 0 Å². The van der Waals surface area contributed by atoms with Gasteiger partial charge >= 0.3 is 0 Å². The van der Waals surface area contributed by atoms with Crippen molar-refractivity contribution in [1.29, 1.82) is 0 Å². The number of carbonyl (C=O) groups is 1. The molecule has 3 rings (SSSR count). The van der Waals surface area contributed by atoms with Crippen molar-refractivity contribution >= 4 is 17.3 Å². The second-order valence-electron chi connectivity index (χ2n) is 6.57. The van der Waals surface area contributed by atoms with Gasteiger partial charge in [0.25, 0.3) is 0 Å². The van der Waals surface area contributed by atoms with Crippen molar-refractivity contribution in [2.45, 2.75) is 6.42 Å². The first kappa shape index (κ1) is 15.3. The van der Waals surface area contributed by atoms with Crippen LogP contribution in [-0.4, -0.2) is 69.1 Å². The number of carbonyl (C=O) groups excluding carboxylic acids is 1. The normalized spacial score (nSPS) is 23.7. The van der Waals surface area contributed by atoms with E-state index in [-0.39, 0.29) is 11.8 Å². The average molecular weight is 302 g/mol. The Morgan fingerprint density at radius 2 is 1.68 bits per heavy atom. The van der Waals surface area contributed by atoms with Gasteiger partial charge in [-0.25, -0.2) is 0 Å². The number of nitrogens with one attached hydrogen (secondary N) is 1. The van der Waals surface area contributed by atoms with Crippen LogP contribution in [-0.2, 0) is 4.79 Å². The molecule has 2 heterocycles. The molecule has 22 heavy (non-hydrogen) atoms. The summed E-state index contributed by atoms with van der Waals surface area (Å²) in [6.45, 7) is 6.22. The third kappa shape index (κ3) is 3.59. The number of nitrogens with zero attached hydrogens (tertiary/aromatic N) is 3. The molecule has 0 aliphatic carbocycles. The molecule has 2 aliphatic heterocycles. The molecular weight excluding hydrogens is 276 g/mol. The summed E-state index contributed by atoms with van der Waals surface area (Å²) in [6.07, 6.45) is 0.960. The minimum absolute atomic E-state index is 0.127. The maximum absolute atomic E-state index is 12.2. The Morgan fingerprint density at radius 1 is 1.00 bits per heavy atom. The van der Waals surface area contributed by atoms with E-state index in [0.29, 0.717) is 0 Å². The van der Waals surface area contributed by atoms with Gasteiger partial charge < -0.3 is 20.0 Å². The number of likely N-dealkylation sites (tertiary alicyclic amines) is 1. The molecule has 1 N–H and O–H groups in total. The van der Waals surface area contributed by atoms with Crippen LogP contribution in [0.3, 0.4) is 0 Å². The second kappa shape index (κ2) is 6.67. The van der Waals surface area contributed by atoms with E-state index >= 15 is 0 Å². The highest BCUT2D eigenvalue weighted by Gasteiger charge is 2.26. The maximum atomic E-state index is 12.2. The summed E-state index contributed by atoms with van der Waals surface area (Å²) in [7, 11) is 4.23. The molecule has 1 aromatic carbocycles. The maximum Gasteiger partial charge on any atom is 0.228 e. The molecule has 0 saturated carbocycles. The average Bonchev–Trinajstić information content (AvgIpc) is 2.96. The van der Waals surface area contributed by atoms with Gasteiger partial charge in [0.15, 0.2) is 0 Å². The van der Waals surface area contributed by atoms with Gasteiger partial charge in [-0.3, -0.25) is 4.79 Å². The number of anilines is 2. The van der Waals surface area contributed by atoms with Crippen molar-refractivity contribution in [2.75, 3.05) is 63.6 Å². The molecule has 0 radical (unpaired) electrons. The Hall–Kier alpha value is -1.59. The van der Waals surface area contributed by atoms with Crippen LogP contribution >= 0.6 is 0 Å². The monoisotopic (exact) mass is 302 g/mol. The molecule has 0 bridgehead atoms. The number of benzene rings is 1. The van der Waals surface area contributed by atoms with Gasteiger partial charge in [0.1, 0.15) is 0 Å². The molecule has 5 heteroatoms. The van der Waals surface area contributed by atoms with Crippen molar-refractivity contribution in [2.24, 2.45) is 5.92 Å². The van der Waals surface area contributed by atoms with Gasteiger partial charge in [0.2, 0.25) is 5.91 Å². The fourth-order valence-electron chi connectivity index (χ4n) is 3.21. The molecule has 2 saturated heterocycles. The molecule has 1 amide bonds. The molecule has 0 aromatic heterocycles. The Balaban J connectivity index is 1.56. The first-order valence-corrected chi connectivity index (χ1v) is 8.15. The summed E-state index contributed by atoms with van der Waals surface area (Å²) < 4.78 is 0. The van der Waals surface area contributed by atoms with Crippen molar-refractivity contribution < 1.29 is 4.79 Å². The minimum Gasteiger partial charge on any atom is -0.369 e. The summed E-state index contributed by atoms with van der Waals surface area (Å²) in [5, 5.41) is 3.05. The van der Waals surface area contributed by atoms with Crippen molar-refractivity contribution in [3.05, 3.63) is 24.3 Å². The number of rotatable bonds is 3. The predicted octanol–water partition coefficient (Wildman–Crippen LogP) is 1.33. The molecular formula is C17H26N4O.